The van der Waals surface area contributed by atoms with Gasteiger partial charge in [0.2, 0.25) is 5.89 Å². The summed E-state index contributed by atoms with van der Waals surface area (Å²) in [5.74, 6) is 2.35. The van der Waals surface area contributed by atoms with E-state index in [1.54, 1.807) is 0 Å². The molecule has 4 unspecified atom stereocenters. The fourth-order valence-corrected chi connectivity index (χ4v) is 4.41. The van der Waals surface area contributed by atoms with E-state index in [4.69, 9.17) is 4.52 Å². The van der Waals surface area contributed by atoms with Crippen LogP contribution in [0, 0.1) is 13.8 Å². The zero-order valence-electron chi connectivity index (χ0n) is 13.5. The van der Waals surface area contributed by atoms with E-state index < -0.39 is 0 Å². The number of fused-ring (bicyclic) bond motifs is 2. The van der Waals surface area contributed by atoms with Gasteiger partial charge in [-0.1, -0.05) is 35.0 Å². The van der Waals surface area contributed by atoms with Gasteiger partial charge in [0.05, 0.1) is 5.92 Å². The molecule has 0 N–H and O–H groups in total. The molecule has 0 radical (unpaired) electrons. The van der Waals surface area contributed by atoms with Gasteiger partial charge in [-0.05, 0) is 51.6 Å². The molecule has 2 saturated heterocycles. The summed E-state index contributed by atoms with van der Waals surface area (Å²) in [6.07, 6.45) is 3.70. The van der Waals surface area contributed by atoms with Crippen molar-refractivity contribution in [2.75, 3.05) is 7.05 Å². The highest BCUT2D eigenvalue weighted by molar-refractivity contribution is 5.30. The number of hydrogen-bond donors (Lipinski definition) is 0. The first-order chi connectivity index (χ1) is 10.6. The lowest BCUT2D eigenvalue weighted by Crippen LogP contribution is -2.44. The van der Waals surface area contributed by atoms with Gasteiger partial charge in [-0.2, -0.15) is 4.98 Å². The summed E-state index contributed by atoms with van der Waals surface area (Å²) in [5.41, 5.74) is 2.72. The standard InChI is InChI=1S/C18H23N3O/c1-11-4-6-13(7-5-11)15-10-14-8-9-16(21(14)3)17(15)18-19-12(2)20-22-18/h4-7,14-17H,8-10H2,1-3H3. The Morgan fingerprint density at radius 3 is 2.59 bits per heavy atom. The number of benzene rings is 1. The molecule has 2 aromatic rings. The lowest BCUT2D eigenvalue weighted by atomic mass is 9.76. The zero-order chi connectivity index (χ0) is 15.3. The van der Waals surface area contributed by atoms with Crippen LogP contribution in [0.4, 0.5) is 0 Å². The second-order valence-electron chi connectivity index (χ2n) is 6.92. The minimum Gasteiger partial charge on any atom is -0.339 e. The van der Waals surface area contributed by atoms with Gasteiger partial charge >= 0.3 is 0 Å². The van der Waals surface area contributed by atoms with Crippen molar-refractivity contribution in [1.82, 2.24) is 15.0 Å². The fraction of sp³-hybridized carbons (Fsp3) is 0.556. The van der Waals surface area contributed by atoms with Gasteiger partial charge in [0.15, 0.2) is 5.82 Å². The van der Waals surface area contributed by atoms with Crippen molar-refractivity contribution in [1.29, 1.82) is 0 Å². The van der Waals surface area contributed by atoms with E-state index in [-0.39, 0.29) is 0 Å². The lowest BCUT2D eigenvalue weighted by Gasteiger charge is -2.41. The van der Waals surface area contributed by atoms with Crippen molar-refractivity contribution in [2.24, 2.45) is 0 Å². The van der Waals surface area contributed by atoms with E-state index in [0.29, 0.717) is 23.9 Å². The second kappa shape index (κ2) is 5.20. The third-order valence-corrected chi connectivity index (χ3v) is 5.60. The van der Waals surface area contributed by atoms with Gasteiger partial charge in [0.25, 0.3) is 0 Å². The minimum atomic E-state index is 0.313. The maximum Gasteiger partial charge on any atom is 0.231 e. The summed E-state index contributed by atoms with van der Waals surface area (Å²) in [5, 5.41) is 4.04. The molecule has 22 heavy (non-hydrogen) atoms. The number of rotatable bonds is 2. The highest BCUT2D eigenvalue weighted by Crippen LogP contribution is 2.50. The molecule has 3 heterocycles. The quantitative estimate of drug-likeness (QED) is 0.852. The van der Waals surface area contributed by atoms with Crippen LogP contribution in [0.2, 0.25) is 0 Å². The van der Waals surface area contributed by atoms with Crippen LogP contribution in [0.15, 0.2) is 28.8 Å². The Morgan fingerprint density at radius 1 is 1.14 bits per heavy atom. The number of aromatic nitrogens is 2. The highest BCUT2D eigenvalue weighted by Gasteiger charge is 2.48. The first-order valence-electron chi connectivity index (χ1n) is 8.22. The summed E-state index contributed by atoms with van der Waals surface area (Å²) in [6, 6.07) is 10.2. The average molecular weight is 297 g/mol. The molecule has 4 nitrogen and oxygen atoms in total. The second-order valence-corrected chi connectivity index (χ2v) is 6.92. The Kier molecular flexibility index (Phi) is 3.30. The van der Waals surface area contributed by atoms with E-state index in [1.807, 2.05) is 6.92 Å². The lowest BCUT2D eigenvalue weighted by molar-refractivity contribution is 0.120. The number of likely N-dealkylation sites (N-methyl/N-ethyl adjacent to an activating group) is 1. The first kappa shape index (κ1) is 13.9. The van der Waals surface area contributed by atoms with Crippen molar-refractivity contribution in [3.63, 3.8) is 0 Å². The fourth-order valence-electron chi connectivity index (χ4n) is 4.41. The molecule has 0 spiro atoms. The van der Waals surface area contributed by atoms with Crippen molar-refractivity contribution < 1.29 is 4.52 Å². The average Bonchev–Trinajstić information content (AvgIpc) is 3.02. The van der Waals surface area contributed by atoms with Crippen LogP contribution in [-0.4, -0.2) is 34.2 Å². The monoisotopic (exact) mass is 297 g/mol. The van der Waals surface area contributed by atoms with Gasteiger partial charge in [-0.25, -0.2) is 0 Å². The van der Waals surface area contributed by atoms with E-state index in [9.17, 15) is 0 Å². The maximum absolute atomic E-state index is 5.59. The van der Waals surface area contributed by atoms with E-state index in [1.165, 1.54) is 30.4 Å². The molecular formula is C18H23N3O. The van der Waals surface area contributed by atoms with E-state index >= 15 is 0 Å². The Balaban J connectivity index is 1.76. The molecule has 1 aromatic heterocycles. The minimum absolute atomic E-state index is 0.313. The summed E-state index contributed by atoms with van der Waals surface area (Å²) in [7, 11) is 2.25. The summed E-state index contributed by atoms with van der Waals surface area (Å²) >= 11 is 0. The number of nitrogens with zero attached hydrogens (tertiary/aromatic N) is 3. The number of piperidine rings is 1. The van der Waals surface area contributed by atoms with E-state index in [0.717, 1.165) is 11.7 Å². The molecule has 4 heteroatoms. The van der Waals surface area contributed by atoms with Crippen LogP contribution < -0.4 is 0 Å². The van der Waals surface area contributed by atoms with E-state index in [2.05, 4.69) is 53.3 Å². The molecule has 116 valence electrons. The van der Waals surface area contributed by atoms with Crippen LogP contribution in [0.1, 0.15) is 53.9 Å². The van der Waals surface area contributed by atoms with Crippen LogP contribution in [0.5, 0.6) is 0 Å². The van der Waals surface area contributed by atoms with Crippen LogP contribution in [0.3, 0.4) is 0 Å². The van der Waals surface area contributed by atoms with Gasteiger partial charge in [-0.3, -0.25) is 4.90 Å². The molecule has 0 amide bonds. The summed E-state index contributed by atoms with van der Waals surface area (Å²) < 4.78 is 5.59. The Hall–Kier alpha value is -1.68. The van der Waals surface area contributed by atoms with Crippen LogP contribution in [0.25, 0.3) is 0 Å². The maximum atomic E-state index is 5.59. The predicted molar refractivity (Wildman–Crippen MR) is 84.9 cm³/mol. The van der Waals surface area contributed by atoms with Crippen LogP contribution >= 0.6 is 0 Å². The third kappa shape index (κ3) is 2.17. The highest BCUT2D eigenvalue weighted by atomic mass is 16.5. The zero-order valence-corrected chi connectivity index (χ0v) is 13.5. The normalized spacial score (nSPS) is 31.6. The third-order valence-electron chi connectivity index (χ3n) is 5.60. The molecule has 1 aromatic carbocycles. The Morgan fingerprint density at radius 2 is 1.91 bits per heavy atom. The van der Waals surface area contributed by atoms with Gasteiger partial charge in [-0.15, -0.1) is 0 Å². The number of aryl methyl sites for hydroxylation is 2. The summed E-state index contributed by atoms with van der Waals surface area (Å²) in [4.78, 5) is 7.11. The van der Waals surface area contributed by atoms with Gasteiger partial charge in [0.1, 0.15) is 0 Å². The van der Waals surface area contributed by atoms with Crippen molar-refractivity contribution >= 4 is 0 Å². The SMILES string of the molecule is Cc1ccc(C2CC3CCC(C2c2nc(C)no2)N3C)cc1. The van der Waals surface area contributed by atoms with Gasteiger partial charge in [0, 0.05) is 12.1 Å². The molecule has 4 rings (SSSR count). The smallest absolute Gasteiger partial charge is 0.231 e. The molecule has 0 aliphatic carbocycles. The molecule has 2 fully saturated rings. The largest absolute Gasteiger partial charge is 0.339 e. The molecule has 2 bridgehead atoms. The molecule has 0 saturated carbocycles. The predicted octanol–water partition coefficient (Wildman–Crippen LogP) is 3.42. The summed E-state index contributed by atoms with van der Waals surface area (Å²) in [6.45, 7) is 4.04. The number of hydrogen-bond acceptors (Lipinski definition) is 4. The topological polar surface area (TPSA) is 42.2 Å². The Bertz CT molecular complexity index is 663. The van der Waals surface area contributed by atoms with Crippen LogP contribution in [-0.2, 0) is 0 Å². The van der Waals surface area contributed by atoms with Crippen molar-refractivity contribution in [2.45, 2.75) is 57.0 Å². The molecular weight excluding hydrogens is 274 g/mol. The van der Waals surface area contributed by atoms with Crippen molar-refractivity contribution in [3.05, 3.63) is 47.1 Å². The first-order valence-corrected chi connectivity index (χ1v) is 8.22. The Labute approximate surface area is 131 Å². The van der Waals surface area contributed by atoms with Crippen molar-refractivity contribution in [3.8, 4) is 0 Å². The molecule has 2 aliphatic rings. The van der Waals surface area contributed by atoms with Gasteiger partial charge < -0.3 is 4.52 Å². The molecule has 2 aliphatic heterocycles. The molecule has 4 atom stereocenters.